The predicted molar refractivity (Wildman–Crippen MR) is 115 cm³/mol. The lowest BCUT2D eigenvalue weighted by molar-refractivity contribution is -0.0163. The summed E-state index contributed by atoms with van der Waals surface area (Å²) in [7, 11) is 1.70. The highest BCUT2D eigenvalue weighted by Crippen LogP contribution is 2.27. The van der Waals surface area contributed by atoms with Crippen LogP contribution in [0.2, 0.25) is 5.02 Å². The molecule has 1 aliphatic rings. The molecule has 1 heterocycles. The first-order valence-corrected chi connectivity index (χ1v) is 9.68. The Morgan fingerprint density at radius 2 is 1.77 bits per heavy atom. The second-order valence-corrected chi connectivity index (χ2v) is 7.19. The molecule has 2 amide bonds. The van der Waals surface area contributed by atoms with Gasteiger partial charge in [0.05, 0.1) is 17.3 Å². The maximum absolute atomic E-state index is 12.9. The molecule has 30 heavy (non-hydrogen) atoms. The van der Waals surface area contributed by atoms with E-state index in [1.54, 1.807) is 43.4 Å². The molecule has 7 heteroatoms. The summed E-state index contributed by atoms with van der Waals surface area (Å²) in [5.74, 6) is 0.148. The Morgan fingerprint density at radius 1 is 1.00 bits per heavy atom. The van der Waals surface area contributed by atoms with Gasteiger partial charge in [0.1, 0.15) is 5.75 Å². The van der Waals surface area contributed by atoms with Gasteiger partial charge in [0.15, 0.2) is 6.79 Å². The van der Waals surface area contributed by atoms with E-state index >= 15 is 0 Å². The summed E-state index contributed by atoms with van der Waals surface area (Å²) < 4.78 is 10.6. The van der Waals surface area contributed by atoms with Crippen LogP contribution >= 0.6 is 11.6 Å². The largest absolute Gasteiger partial charge is 0.467 e. The van der Waals surface area contributed by atoms with Crippen LogP contribution in [0.3, 0.4) is 0 Å². The van der Waals surface area contributed by atoms with Crippen molar-refractivity contribution in [2.45, 2.75) is 6.61 Å². The van der Waals surface area contributed by atoms with Gasteiger partial charge >= 0.3 is 0 Å². The van der Waals surface area contributed by atoms with Crippen molar-refractivity contribution in [3.05, 3.63) is 88.4 Å². The number of fused-ring (bicyclic) bond motifs is 1. The number of carbonyl (C=O) groups is 2. The van der Waals surface area contributed by atoms with Gasteiger partial charge in [0.2, 0.25) is 0 Å². The van der Waals surface area contributed by atoms with E-state index < -0.39 is 0 Å². The smallest absolute Gasteiger partial charge is 0.258 e. The Morgan fingerprint density at radius 3 is 2.57 bits per heavy atom. The molecule has 3 aromatic carbocycles. The third kappa shape index (κ3) is 4.15. The van der Waals surface area contributed by atoms with Crippen LogP contribution in [0.15, 0.2) is 66.7 Å². The Kier molecular flexibility index (Phi) is 5.70. The van der Waals surface area contributed by atoms with E-state index in [4.69, 9.17) is 21.1 Å². The molecule has 1 N–H and O–H groups in total. The molecule has 3 aromatic rings. The monoisotopic (exact) mass is 422 g/mol. The van der Waals surface area contributed by atoms with Gasteiger partial charge in [-0.25, -0.2) is 0 Å². The summed E-state index contributed by atoms with van der Waals surface area (Å²) in [5, 5.41) is 3.12. The van der Waals surface area contributed by atoms with Gasteiger partial charge in [-0.3, -0.25) is 9.59 Å². The number of halogens is 1. The van der Waals surface area contributed by atoms with Crippen molar-refractivity contribution in [3.8, 4) is 5.75 Å². The van der Waals surface area contributed by atoms with Crippen molar-refractivity contribution in [2.24, 2.45) is 0 Å². The molecule has 0 spiro atoms. The minimum absolute atomic E-state index is 0.201. The number of amides is 2. The number of hydrogen-bond donors (Lipinski definition) is 1. The van der Waals surface area contributed by atoms with Gasteiger partial charge in [0.25, 0.3) is 11.8 Å². The topological polar surface area (TPSA) is 67.9 Å². The zero-order valence-electron chi connectivity index (χ0n) is 16.2. The Labute approximate surface area is 179 Å². The highest BCUT2D eigenvalue weighted by atomic mass is 35.5. The van der Waals surface area contributed by atoms with Crippen LogP contribution in [0.1, 0.15) is 26.3 Å². The van der Waals surface area contributed by atoms with Crippen molar-refractivity contribution in [1.82, 2.24) is 0 Å². The summed E-state index contributed by atoms with van der Waals surface area (Å²) in [4.78, 5) is 27.1. The molecule has 0 atom stereocenters. The van der Waals surface area contributed by atoms with Crippen LogP contribution in [-0.4, -0.2) is 25.7 Å². The number of nitrogens with one attached hydrogen (secondary N) is 1. The lowest BCUT2D eigenvalue weighted by Crippen LogP contribution is -2.26. The summed E-state index contributed by atoms with van der Waals surface area (Å²) in [6.45, 7) is 0.583. The number of rotatable bonds is 4. The number of anilines is 2. The van der Waals surface area contributed by atoms with Crippen LogP contribution in [0.4, 0.5) is 11.4 Å². The molecular weight excluding hydrogens is 404 g/mol. The number of carbonyl (C=O) groups excluding carboxylic acids is 2. The van der Waals surface area contributed by atoms with Crippen LogP contribution < -0.4 is 15.0 Å². The van der Waals surface area contributed by atoms with E-state index in [-0.39, 0.29) is 18.6 Å². The molecule has 0 fully saturated rings. The van der Waals surface area contributed by atoms with Gasteiger partial charge in [-0.2, -0.15) is 0 Å². The SMILES string of the molecule is CN(C(=O)c1ccc(Cl)c(NC(=O)c2ccc3c(c2)COCO3)c1)c1ccccc1. The second-order valence-electron chi connectivity index (χ2n) is 6.78. The lowest BCUT2D eigenvalue weighted by Gasteiger charge is -2.19. The predicted octanol–water partition coefficient (Wildman–Crippen LogP) is 4.74. The van der Waals surface area contributed by atoms with Crippen LogP contribution in [-0.2, 0) is 11.3 Å². The quantitative estimate of drug-likeness (QED) is 0.659. The Balaban J connectivity index is 1.55. The minimum Gasteiger partial charge on any atom is -0.467 e. The number of para-hydroxylation sites is 1. The van der Waals surface area contributed by atoms with Gasteiger partial charge in [0, 0.05) is 29.4 Å². The summed E-state index contributed by atoms with van der Waals surface area (Å²) in [5.41, 5.74) is 2.78. The number of hydrogen-bond acceptors (Lipinski definition) is 4. The molecular formula is C23H19ClN2O4. The Bertz CT molecular complexity index is 1100. The highest BCUT2D eigenvalue weighted by molar-refractivity contribution is 6.34. The molecule has 0 saturated heterocycles. The number of nitrogens with zero attached hydrogens (tertiary/aromatic N) is 1. The summed E-state index contributed by atoms with van der Waals surface area (Å²) in [6, 6.07) is 19.2. The van der Waals surface area contributed by atoms with Gasteiger partial charge in [-0.1, -0.05) is 29.8 Å². The second kappa shape index (κ2) is 8.57. The molecule has 0 aromatic heterocycles. The molecule has 0 saturated carbocycles. The van der Waals surface area contributed by atoms with E-state index in [1.165, 1.54) is 4.90 Å². The molecule has 0 bridgehead atoms. The van der Waals surface area contributed by atoms with E-state index in [1.807, 2.05) is 30.3 Å². The van der Waals surface area contributed by atoms with Crippen molar-refractivity contribution >= 4 is 34.8 Å². The van der Waals surface area contributed by atoms with Crippen molar-refractivity contribution < 1.29 is 19.1 Å². The minimum atomic E-state index is -0.341. The average Bonchev–Trinajstić information content (AvgIpc) is 2.79. The van der Waals surface area contributed by atoms with Crippen molar-refractivity contribution in [2.75, 3.05) is 24.1 Å². The van der Waals surface area contributed by atoms with Crippen molar-refractivity contribution in [1.29, 1.82) is 0 Å². The third-order valence-electron chi connectivity index (χ3n) is 4.79. The molecule has 6 nitrogen and oxygen atoms in total. The highest BCUT2D eigenvalue weighted by Gasteiger charge is 2.18. The molecule has 0 aliphatic carbocycles. The third-order valence-corrected chi connectivity index (χ3v) is 5.12. The van der Waals surface area contributed by atoms with E-state index in [2.05, 4.69) is 5.32 Å². The molecule has 0 unspecified atom stereocenters. The van der Waals surface area contributed by atoms with Gasteiger partial charge in [-0.15, -0.1) is 0 Å². The molecule has 0 radical (unpaired) electrons. The maximum atomic E-state index is 12.9. The standard InChI is InChI=1S/C23H19ClN2O4/c1-26(18-5-3-2-4-6-18)23(28)16-7-9-19(24)20(12-16)25-22(27)15-8-10-21-17(11-15)13-29-14-30-21/h2-12H,13-14H2,1H3,(H,25,27). The first-order chi connectivity index (χ1) is 14.5. The maximum Gasteiger partial charge on any atom is 0.258 e. The summed E-state index contributed by atoms with van der Waals surface area (Å²) >= 11 is 6.26. The molecule has 152 valence electrons. The van der Waals surface area contributed by atoms with E-state index in [0.29, 0.717) is 34.2 Å². The van der Waals surface area contributed by atoms with Crippen LogP contribution in [0.5, 0.6) is 5.75 Å². The first kappa shape index (κ1) is 19.9. The van der Waals surface area contributed by atoms with E-state index in [9.17, 15) is 9.59 Å². The van der Waals surface area contributed by atoms with Crippen LogP contribution in [0.25, 0.3) is 0 Å². The zero-order chi connectivity index (χ0) is 21.1. The lowest BCUT2D eigenvalue weighted by atomic mass is 10.1. The molecule has 4 rings (SSSR count). The fourth-order valence-electron chi connectivity index (χ4n) is 3.14. The first-order valence-electron chi connectivity index (χ1n) is 9.30. The van der Waals surface area contributed by atoms with Gasteiger partial charge < -0.3 is 19.7 Å². The normalized spacial score (nSPS) is 12.5. The average molecular weight is 423 g/mol. The molecule has 1 aliphatic heterocycles. The number of ether oxygens (including phenoxy) is 2. The van der Waals surface area contributed by atoms with Crippen molar-refractivity contribution in [3.63, 3.8) is 0 Å². The van der Waals surface area contributed by atoms with E-state index in [0.717, 1.165) is 11.3 Å². The van der Waals surface area contributed by atoms with Gasteiger partial charge in [-0.05, 0) is 48.5 Å². The number of benzene rings is 3. The fourth-order valence-corrected chi connectivity index (χ4v) is 3.31. The fraction of sp³-hybridized carbons (Fsp3) is 0.130. The summed E-state index contributed by atoms with van der Waals surface area (Å²) in [6.07, 6.45) is 0. The Hall–Kier alpha value is -3.35. The zero-order valence-corrected chi connectivity index (χ0v) is 17.0. The van der Waals surface area contributed by atoms with Crippen LogP contribution in [0, 0.1) is 0 Å².